The van der Waals surface area contributed by atoms with E-state index in [2.05, 4.69) is 43.4 Å². The van der Waals surface area contributed by atoms with Crippen LogP contribution in [0.2, 0.25) is 0 Å². The van der Waals surface area contributed by atoms with Crippen molar-refractivity contribution in [2.75, 3.05) is 0 Å². The highest BCUT2D eigenvalue weighted by atomic mass is 123. The van der Waals surface area contributed by atoms with Crippen LogP contribution in [0.4, 0.5) is 0 Å². The minimum Gasteiger partial charge on any atom is -0.507 e. The molecule has 1 aromatic carbocycles. The van der Waals surface area contributed by atoms with Gasteiger partial charge < -0.3 is 10.8 Å². The zero-order valence-corrected chi connectivity index (χ0v) is 10.9. The molecule has 0 aromatic heterocycles. The van der Waals surface area contributed by atoms with E-state index in [1.807, 2.05) is 12.1 Å². The molecule has 0 aliphatic heterocycles. The molecule has 0 fully saturated rings. The fourth-order valence-electron chi connectivity index (χ4n) is 1.24. The molecule has 0 atom stereocenters. The summed E-state index contributed by atoms with van der Waals surface area (Å²) in [5.41, 5.74) is 7.69. The number of rotatable bonds is 1. The lowest BCUT2D eigenvalue weighted by Gasteiger charge is -2.21. The summed E-state index contributed by atoms with van der Waals surface area (Å²) in [5.74, 6) is 0.320. The molecule has 3 N–H and O–H groups in total. The molecule has 78 valence electrons. The lowest BCUT2D eigenvalue weighted by atomic mass is 9.86. The monoisotopic (exact) mass is 301 g/mol. The summed E-state index contributed by atoms with van der Waals surface area (Å²) in [6, 6.07) is 3.99. The zero-order chi connectivity index (χ0) is 10.9. The van der Waals surface area contributed by atoms with Gasteiger partial charge in [0.05, 0.1) is 3.57 Å². The average Bonchev–Trinajstić information content (AvgIpc) is 2.07. The molecule has 0 amide bonds. The van der Waals surface area contributed by atoms with Gasteiger partial charge in [-0.3, -0.25) is 0 Å². The summed E-state index contributed by atoms with van der Waals surface area (Å²) in [7, 11) is 0. The van der Waals surface area contributed by atoms with Crippen molar-refractivity contribution in [1.82, 2.24) is 0 Å². The predicted molar refractivity (Wildman–Crippen MR) is 67.4 cm³/mol. The second-order valence-corrected chi connectivity index (χ2v) is 5.58. The van der Waals surface area contributed by atoms with E-state index in [4.69, 9.17) is 5.73 Å². The molecular formula is C11H16INO. The Bertz CT molecular complexity index is 342. The third-order valence-corrected chi connectivity index (χ3v) is 3.05. The number of benzene rings is 1. The number of hydrogen-bond donors (Lipinski definition) is 2. The molecule has 0 spiro atoms. The van der Waals surface area contributed by atoms with Crippen molar-refractivity contribution in [3.05, 3.63) is 26.8 Å². The van der Waals surface area contributed by atoms with Gasteiger partial charge in [-0.05, 0) is 39.6 Å². The Hall–Kier alpha value is -0.290. The summed E-state index contributed by atoms with van der Waals surface area (Å²) in [5, 5.41) is 9.70. The van der Waals surface area contributed by atoms with Gasteiger partial charge in [0.2, 0.25) is 0 Å². The van der Waals surface area contributed by atoms with Crippen molar-refractivity contribution >= 4 is 22.6 Å². The number of halogens is 1. The van der Waals surface area contributed by atoms with Gasteiger partial charge in [-0.1, -0.05) is 26.8 Å². The normalized spacial score (nSPS) is 11.8. The molecule has 3 heteroatoms. The van der Waals surface area contributed by atoms with Gasteiger partial charge in [-0.2, -0.15) is 0 Å². The van der Waals surface area contributed by atoms with Gasteiger partial charge in [-0.15, -0.1) is 0 Å². The number of aromatic hydroxyl groups is 1. The Morgan fingerprint density at radius 3 is 2.36 bits per heavy atom. The molecule has 0 heterocycles. The number of hydrogen-bond acceptors (Lipinski definition) is 2. The summed E-state index contributed by atoms with van der Waals surface area (Å²) < 4.78 is 0.871. The number of phenols is 1. The van der Waals surface area contributed by atoms with Gasteiger partial charge in [0.1, 0.15) is 5.75 Å². The Labute approximate surface area is 98.7 Å². The first-order valence-corrected chi connectivity index (χ1v) is 5.66. The SMILES string of the molecule is CC(C)(C)c1cc([123I])c(O)c(CN)c1. The minimum absolute atomic E-state index is 0.0948. The van der Waals surface area contributed by atoms with Crippen LogP contribution in [-0.2, 0) is 12.0 Å². The first kappa shape index (κ1) is 11.8. The van der Waals surface area contributed by atoms with E-state index in [1.165, 1.54) is 5.56 Å². The molecule has 1 aromatic rings. The maximum Gasteiger partial charge on any atom is 0.133 e. The van der Waals surface area contributed by atoms with Crippen LogP contribution >= 0.6 is 22.6 Å². The summed E-state index contributed by atoms with van der Waals surface area (Å²) in [6.07, 6.45) is 0. The standard InChI is InChI=1S/C11H16INO/c1-11(2,3)8-4-7(6-13)10(14)9(12)5-8/h4-5,14H,6,13H2,1-3H3/i12-4. The molecule has 1 rings (SSSR count). The van der Waals surface area contributed by atoms with Crippen molar-refractivity contribution in [2.24, 2.45) is 5.73 Å². The lowest BCUT2D eigenvalue weighted by molar-refractivity contribution is 0.463. The lowest BCUT2D eigenvalue weighted by Crippen LogP contribution is -2.12. The fourth-order valence-corrected chi connectivity index (χ4v) is 1.93. The molecule has 0 saturated heterocycles. The van der Waals surface area contributed by atoms with Crippen molar-refractivity contribution in [1.29, 1.82) is 0 Å². The quantitative estimate of drug-likeness (QED) is 0.784. The Morgan fingerprint density at radius 2 is 1.93 bits per heavy atom. The van der Waals surface area contributed by atoms with Crippen LogP contribution in [0.15, 0.2) is 12.1 Å². The van der Waals surface area contributed by atoms with E-state index in [0.717, 1.165) is 9.13 Å². The van der Waals surface area contributed by atoms with Crippen molar-refractivity contribution in [2.45, 2.75) is 32.7 Å². The van der Waals surface area contributed by atoms with Crippen LogP contribution in [0, 0.1) is 3.57 Å². The average molecular weight is 301 g/mol. The first-order chi connectivity index (χ1) is 6.36. The molecule has 0 saturated carbocycles. The molecule has 2 nitrogen and oxygen atoms in total. The van der Waals surface area contributed by atoms with Crippen LogP contribution in [0.5, 0.6) is 5.75 Å². The smallest absolute Gasteiger partial charge is 0.133 e. The maximum atomic E-state index is 9.70. The third kappa shape index (κ3) is 2.39. The van der Waals surface area contributed by atoms with E-state index in [9.17, 15) is 5.11 Å². The van der Waals surface area contributed by atoms with E-state index in [0.29, 0.717) is 12.3 Å². The van der Waals surface area contributed by atoms with E-state index < -0.39 is 0 Å². The molecule has 0 aliphatic carbocycles. The Kier molecular flexibility index (Phi) is 3.42. The van der Waals surface area contributed by atoms with Gasteiger partial charge in [0.25, 0.3) is 0 Å². The van der Waals surface area contributed by atoms with Crippen LogP contribution in [0.1, 0.15) is 31.9 Å². The van der Waals surface area contributed by atoms with E-state index in [-0.39, 0.29) is 5.41 Å². The maximum absolute atomic E-state index is 9.70. The molecular weight excluding hydrogens is 285 g/mol. The minimum atomic E-state index is 0.0948. The number of phenolic OH excluding ortho intramolecular Hbond substituents is 1. The van der Waals surface area contributed by atoms with Crippen molar-refractivity contribution in [3.8, 4) is 5.75 Å². The molecule has 14 heavy (non-hydrogen) atoms. The highest BCUT2D eigenvalue weighted by molar-refractivity contribution is 14.1. The van der Waals surface area contributed by atoms with Crippen LogP contribution in [-0.4, -0.2) is 5.11 Å². The second-order valence-electron chi connectivity index (χ2n) is 4.42. The van der Waals surface area contributed by atoms with Crippen molar-refractivity contribution in [3.63, 3.8) is 0 Å². The highest BCUT2D eigenvalue weighted by Gasteiger charge is 2.17. The summed E-state index contributed by atoms with van der Waals surface area (Å²) >= 11 is 2.13. The van der Waals surface area contributed by atoms with Crippen LogP contribution < -0.4 is 5.73 Å². The summed E-state index contributed by atoms with van der Waals surface area (Å²) in [6.45, 7) is 6.83. The van der Waals surface area contributed by atoms with Crippen molar-refractivity contribution < 1.29 is 5.11 Å². The van der Waals surface area contributed by atoms with Gasteiger partial charge in [0, 0.05) is 12.1 Å². The highest BCUT2D eigenvalue weighted by Crippen LogP contribution is 2.31. The van der Waals surface area contributed by atoms with E-state index >= 15 is 0 Å². The van der Waals surface area contributed by atoms with Gasteiger partial charge in [-0.25, -0.2) is 0 Å². The van der Waals surface area contributed by atoms with Crippen LogP contribution in [0.25, 0.3) is 0 Å². The topological polar surface area (TPSA) is 46.2 Å². The Morgan fingerprint density at radius 1 is 1.36 bits per heavy atom. The summed E-state index contributed by atoms with van der Waals surface area (Å²) in [4.78, 5) is 0. The molecule has 0 radical (unpaired) electrons. The second kappa shape index (κ2) is 4.06. The Balaban J connectivity index is 3.30. The fraction of sp³-hybridized carbons (Fsp3) is 0.455. The zero-order valence-electron chi connectivity index (χ0n) is 8.76. The number of nitrogens with two attached hydrogens (primary N) is 1. The molecule has 0 unspecified atom stereocenters. The van der Waals surface area contributed by atoms with Crippen LogP contribution in [0.3, 0.4) is 0 Å². The largest absolute Gasteiger partial charge is 0.507 e. The van der Waals surface area contributed by atoms with Gasteiger partial charge in [0.15, 0.2) is 0 Å². The molecule has 0 aliphatic rings. The predicted octanol–water partition coefficient (Wildman–Crippen LogP) is 2.75. The van der Waals surface area contributed by atoms with Gasteiger partial charge >= 0.3 is 0 Å². The van der Waals surface area contributed by atoms with E-state index in [1.54, 1.807) is 0 Å². The third-order valence-electron chi connectivity index (χ3n) is 2.23. The first-order valence-electron chi connectivity index (χ1n) is 4.58. The molecule has 0 bridgehead atoms.